The largest absolute Gasteiger partial charge is 0.478 e. The molecule has 1 N–H and O–H groups in total. The number of nitrogens with zero attached hydrogens (tertiary/aromatic N) is 1. The van der Waals surface area contributed by atoms with Gasteiger partial charge in [0.25, 0.3) is 0 Å². The maximum atomic E-state index is 10.9. The molecule has 0 saturated heterocycles. The molecule has 0 atom stereocenters. The fraction of sp³-hybridized carbons (Fsp3) is 0.0588. The Morgan fingerprint density at radius 2 is 1.70 bits per heavy atom. The molecular formula is C17H13NO2. The van der Waals surface area contributed by atoms with Gasteiger partial charge in [0.05, 0.1) is 11.1 Å². The predicted octanol–water partition coefficient (Wildman–Crippen LogP) is 3.91. The molecule has 3 heteroatoms. The van der Waals surface area contributed by atoms with Crippen LogP contribution in [0.25, 0.3) is 22.0 Å². The Bertz CT molecular complexity index is 792. The van der Waals surface area contributed by atoms with E-state index in [-0.39, 0.29) is 0 Å². The Hall–Kier alpha value is -2.68. The molecule has 0 spiro atoms. The fourth-order valence-corrected chi connectivity index (χ4v) is 2.23. The molecule has 20 heavy (non-hydrogen) atoms. The maximum absolute atomic E-state index is 10.9. The lowest BCUT2D eigenvalue weighted by atomic mass is 10.0. The molecular weight excluding hydrogens is 250 g/mol. The summed E-state index contributed by atoms with van der Waals surface area (Å²) in [6.45, 7) is 2.01. The van der Waals surface area contributed by atoms with Crippen molar-refractivity contribution in [1.29, 1.82) is 0 Å². The van der Waals surface area contributed by atoms with Crippen LogP contribution < -0.4 is 0 Å². The fourth-order valence-electron chi connectivity index (χ4n) is 2.23. The number of carbonyl (C=O) groups is 1. The minimum atomic E-state index is -0.908. The number of fused-ring (bicyclic) bond motifs is 1. The van der Waals surface area contributed by atoms with Gasteiger partial charge in [-0.25, -0.2) is 4.79 Å². The summed E-state index contributed by atoms with van der Waals surface area (Å²) in [7, 11) is 0. The van der Waals surface area contributed by atoms with Crippen LogP contribution in [-0.2, 0) is 0 Å². The number of hydrogen-bond donors (Lipinski definition) is 1. The summed E-state index contributed by atoms with van der Waals surface area (Å²) < 4.78 is 0. The van der Waals surface area contributed by atoms with Crippen molar-refractivity contribution >= 4 is 16.9 Å². The van der Waals surface area contributed by atoms with Crippen LogP contribution >= 0.6 is 0 Å². The van der Waals surface area contributed by atoms with Gasteiger partial charge in [0.1, 0.15) is 0 Å². The topological polar surface area (TPSA) is 50.2 Å². The second-order valence-corrected chi connectivity index (χ2v) is 4.80. The van der Waals surface area contributed by atoms with Crippen LogP contribution in [0, 0.1) is 6.92 Å². The standard InChI is InChI=1S/C17H13NO2/c1-11-8-15-9-14(6-7-16(15)18-10-11)12-2-4-13(5-3-12)17(19)20/h2-10H,1H3,(H,19,20). The van der Waals surface area contributed by atoms with Crippen LogP contribution in [0.3, 0.4) is 0 Å². The highest BCUT2D eigenvalue weighted by Crippen LogP contribution is 2.24. The summed E-state index contributed by atoms with van der Waals surface area (Å²) in [4.78, 5) is 15.2. The second kappa shape index (κ2) is 4.78. The third-order valence-electron chi connectivity index (χ3n) is 3.28. The van der Waals surface area contributed by atoms with Crippen molar-refractivity contribution in [3.8, 4) is 11.1 Å². The number of carboxylic acid groups (broad SMARTS) is 1. The van der Waals surface area contributed by atoms with E-state index in [2.05, 4.69) is 17.1 Å². The van der Waals surface area contributed by atoms with Gasteiger partial charge in [-0.15, -0.1) is 0 Å². The first-order valence-electron chi connectivity index (χ1n) is 6.33. The Morgan fingerprint density at radius 3 is 2.40 bits per heavy atom. The second-order valence-electron chi connectivity index (χ2n) is 4.80. The van der Waals surface area contributed by atoms with Gasteiger partial charge in [-0.1, -0.05) is 18.2 Å². The van der Waals surface area contributed by atoms with Crippen molar-refractivity contribution < 1.29 is 9.90 Å². The number of aryl methyl sites for hydroxylation is 1. The average molecular weight is 263 g/mol. The molecule has 0 saturated carbocycles. The Labute approximate surface area is 116 Å². The monoisotopic (exact) mass is 263 g/mol. The van der Waals surface area contributed by atoms with E-state index in [9.17, 15) is 4.79 Å². The van der Waals surface area contributed by atoms with Crippen LogP contribution in [0.4, 0.5) is 0 Å². The van der Waals surface area contributed by atoms with Crippen molar-refractivity contribution in [3.05, 3.63) is 65.9 Å². The zero-order valence-electron chi connectivity index (χ0n) is 11.0. The molecule has 0 bridgehead atoms. The summed E-state index contributed by atoms with van der Waals surface area (Å²) in [6.07, 6.45) is 1.85. The summed E-state index contributed by atoms with van der Waals surface area (Å²) in [5.74, 6) is -0.908. The van der Waals surface area contributed by atoms with Gasteiger partial charge in [0.15, 0.2) is 0 Å². The molecule has 3 aromatic rings. The third kappa shape index (κ3) is 2.26. The first-order chi connectivity index (χ1) is 9.63. The van der Waals surface area contributed by atoms with Crippen LogP contribution in [0.15, 0.2) is 54.7 Å². The van der Waals surface area contributed by atoms with Gasteiger partial charge < -0.3 is 5.11 Å². The zero-order valence-corrected chi connectivity index (χ0v) is 11.0. The minimum absolute atomic E-state index is 0.298. The van der Waals surface area contributed by atoms with E-state index < -0.39 is 5.97 Å². The molecule has 0 aliphatic carbocycles. The molecule has 0 amide bonds. The van der Waals surface area contributed by atoms with Crippen molar-refractivity contribution in [2.45, 2.75) is 6.92 Å². The van der Waals surface area contributed by atoms with Gasteiger partial charge in [-0.05, 0) is 53.9 Å². The molecule has 0 unspecified atom stereocenters. The Kier molecular flexibility index (Phi) is 2.95. The number of rotatable bonds is 2. The molecule has 0 fully saturated rings. The average Bonchev–Trinajstić information content (AvgIpc) is 2.46. The first kappa shape index (κ1) is 12.4. The molecule has 1 heterocycles. The lowest BCUT2D eigenvalue weighted by Crippen LogP contribution is -1.94. The highest BCUT2D eigenvalue weighted by atomic mass is 16.4. The van der Waals surface area contributed by atoms with E-state index >= 15 is 0 Å². The van der Waals surface area contributed by atoms with Crippen LogP contribution in [0.2, 0.25) is 0 Å². The summed E-state index contributed by atoms with van der Waals surface area (Å²) >= 11 is 0. The van der Waals surface area contributed by atoms with Gasteiger partial charge >= 0.3 is 5.97 Å². The van der Waals surface area contributed by atoms with Gasteiger partial charge in [0.2, 0.25) is 0 Å². The van der Waals surface area contributed by atoms with Crippen LogP contribution in [0.1, 0.15) is 15.9 Å². The molecule has 3 nitrogen and oxygen atoms in total. The third-order valence-corrected chi connectivity index (χ3v) is 3.28. The lowest BCUT2D eigenvalue weighted by Gasteiger charge is -2.05. The SMILES string of the molecule is Cc1cnc2ccc(-c3ccc(C(=O)O)cc3)cc2c1. The Morgan fingerprint density at radius 1 is 1.00 bits per heavy atom. The van der Waals surface area contributed by atoms with Crippen molar-refractivity contribution in [2.75, 3.05) is 0 Å². The van der Waals surface area contributed by atoms with E-state index in [0.717, 1.165) is 27.6 Å². The van der Waals surface area contributed by atoms with Crippen molar-refractivity contribution in [3.63, 3.8) is 0 Å². The predicted molar refractivity (Wildman–Crippen MR) is 78.9 cm³/mol. The number of pyridine rings is 1. The number of hydrogen-bond acceptors (Lipinski definition) is 2. The van der Waals surface area contributed by atoms with Gasteiger partial charge in [0, 0.05) is 11.6 Å². The smallest absolute Gasteiger partial charge is 0.335 e. The molecule has 0 radical (unpaired) electrons. The van der Waals surface area contributed by atoms with Crippen molar-refractivity contribution in [2.24, 2.45) is 0 Å². The zero-order chi connectivity index (χ0) is 14.1. The lowest BCUT2D eigenvalue weighted by molar-refractivity contribution is 0.0697. The van der Waals surface area contributed by atoms with Crippen molar-refractivity contribution in [1.82, 2.24) is 4.98 Å². The van der Waals surface area contributed by atoms with Gasteiger partial charge in [-0.2, -0.15) is 0 Å². The quantitative estimate of drug-likeness (QED) is 0.762. The highest BCUT2D eigenvalue weighted by molar-refractivity contribution is 5.89. The molecule has 0 aliphatic rings. The summed E-state index contributed by atoms with van der Waals surface area (Å²) in [5.41, 5.74) is 4.43. The van der Waals surface area contributed by atoms with Gasteiger partial charge in [-0.3, -0.25) is 4.98 Å². The van der Waals surface area contributed by atoms with Crippen LogP contribution in [0.5, 0.6) is 0 Å². The van der Waals surface area contributed by atoms with E-state index in [1.807, 2.05) is 37.4 Å². The normalized spacial score (nSPS) is 10.7. The number of carboxylic acids is 1. The summed E-state index contributed by atoms with van der Waals surface area (Å²) in [5, 5.41) is 10.00. The molecule has 98 valence electrons. The minimum Gasteiger partial charge on any atom is -0.478 e. The highest BCUT2D eigenvalue weighted by Gasteiger charge is 2.04. The number of aromatic carboxylic acids is 1. The molecule has 0 aliphatic heterocycles. The first-order valence-corrected chi connectivity index (χ1v) is 6.33. The van der Waals surface area contributed by atoms with E-state index in [1.165, 1.54) is 0 Å². The van der Waals surface area contributed by atoms with E-state index in [1.54, 1.807) is 12.1 Å². The molecule has 2 aromatic carbocycles. The number of benzene rings is 2. The molecule has 3 rings (SSSR count). The Balaban J connectivity index is 2.07. The number of aromatic nitrogens is 1. The van der Waals surface area contributed by atoms with E-state index in [4.69, 9.17) is 5.11 Å². The maximum Gasteiger partial charge on any atom is 0.335 e. The summed E-state index contributed by atoms with van der Waals surface area (Å²) in [6, 6.07) is 15.0. The van der Waals surface area contributed by atoms with Crippen LogP contribution in [-0.4, -0.2) is 16.1 Å². The molecule has 1 aromatic heterocycles. The van der Waals surface area contributed by atoms with E-state index in [0.29, 0.717) is 5.56 Å².